The van der Waals surface area contributed by atoms with Gasteiger partial charge in [-0.2, -0.15) is 0 Å². The molecule has 9 atom stereocenters. The van der Waals surface area contributed by atoms with Crippen molar-refractivity contribution in [3.8, 4) is 5.75 Å². The van der Waals surface area contributed by atoms with E-state index < -0.39 is 0 Å². The first-order chi connectivity index (χ1) is 26.3. The highest BCUT2D eigenvalue weighted by Crippen LogP contribution is 2.76. The van der Waals surface area contributed by atoms with Gasteiger partial charge < -0.3 is 15.0 Å². The lowest BCUT2D eigenvalue weighted by atomic mass is 9.33. The van der Waals surface area contributed by atoms with Crippen molar-refractivity contribution in [2.45, 2.75) is 137 Å². The van der Waals surface area contributed by atoms with Crippen LogP contribution >= 0.6 is 0 Å². The second kappa shape index (κ2) is 14.7. The van der Waals surface area contributed by atoms with E-state index in [-0.39, 0.29) is 16.4 Å². The third-order valence-corrected chi connectivity index (χ3v) is 18.6. The van der Waals surface area contributed by atoms with Crippen LogP contribution in [0.5, 0.6) is 5.75 Å². The highest BCUT2D eigenvalue weighted by Gasteiger charge is 2.70. The average molecular weight is 752 g/mol. The molecule has 0 spiro atoms. The Morgan fingerprint density at radius 2 is 1.60 bits per heavy atom. The Labute approximate surface area is 333 Å². The normalized spacial score (nSPS) is 40.0. The van der Waals surface area contributed by atoms with Crippen molar-refractivity contribution in [2.75, 3.05) is 39.3 Å². The molecule has 1 aromatic rings. The minimum atomic E-state index is 0.0683. The number of amides is 1. The number of nitrogens with zero attached hydrogens (tertiary/aromatic N) is 2. The molecule has 0 aromatic heterocycles. The molecule has 7 aliphatic rings. The third kappa shape index (κ3) is 6.50. The van der Waals surface area contributed by atoms with Gasteiger partial charge in [0, 0.05) is 51.2 Å². The summed E-state index contributed by atoms with van der Waals surface area (Å²) in [6, 6.07) is 8.18. The first-order valence-electron chi connectivity index (χ1n) is 22.6. The van der Waals surface area contributed by atoms with Gasteiger partial charge in [0.25, 0.3) is 6.47 Å². The molecule has 6 heteroatoms. The zero-order chi connectivity index (χ0) is 38.8. The lowest BCUT2D eigenvalue weighted by molar-refractivity contribution is -0.219. The van der Waals surface area contributed by atoms with Gasteiger partial charge in [-0.15, -0.1) is 0 Å². The van der Waals surface area contributed by atoms with Crippen LogP contribution < -0.4 is 10.1 Å². The summed E-state index contributed by atoms with van der Waals surface area (Å²) in [5.41, 5.74) is 5.35. The molecule has 0 radical (unpaired) electrons. The summed E-state index contributed by atoms with van der Waals surface area (Å²) in [6.45, 7) is 26.7. The summed E-state index contributed by atoms with van der Waals surface area (Å²) in [4.78, 5) is 28.7. The molecule has 1 amide bonds. The fraction of sp³-hybridized carbons (Fsp3) is 0.755. The first kappa shape index (κ1) is 39.4. The second-order valence-corrected chi connectivity index (χ2v) is 21.1. The zero-order valence-electron chi connectivity index (χ0n) is 35.4. The van der Waals surface area contributed by atoms with Gasteiger partial charge in [0.05, 0.1) is 0 Å². The van der Waals surface area contributed by atoms with Crippen molar-refractivity contribution in [3.05, 3.63) is 48.1 Å². The summed E-state index contributed by atoms with van der Waals surface area (Å²) in [7, 11) is 0. The van der Waals surface area contributed by atoms with E-state index in [1.807, 2.05) is 12.1 Å². The van der Waals surface area contributed by atoms with Gasteiger partial charge >= 0.3 is 0 Å². The van der Waals surface area contributed by atoms with Gasteiger partial charge in [-0.05, 0) is 158 Å². The number of hydrogen-bond donors (Lipinski definition) is 1. The number of nitrogens with one attached hydrogen (secondary N) is 1. The predicted octanol–water partition coefficient (Wildman–Crippen LogP) is 9.94. The number of rotatable bonds is 10. The van der Waals surface area contributed by atoms with E-state index in [2.05, 4.69) is 81.4 Å². The van der Waals surface area contributed by atoms with E-state index in [0.29, 0.717) is 58.5 Å². The number of benzene rings is 1. The molecular formula is C49H73N3O3. The highest BCUT2D eigenvalue weighted by atomic mass is 16.5. The largest absolute Gasteiger partial charge is 0.429 e. The van der Waals surface area contributed by atoms with Gasteiger partial charge in [-0.3, -0.25) is 14.5 Å². The molecule has 55 heavy (non-hydrogen) atoms. The van der Waals surface area contributed by atoms with Crippen molar-refractivity contribution < 1.29 is 14.3 Å². The van der Waals surface area contributed by atoms with Gasteiger partial charge in [-0.1, -0.05) is 77.8 Å². The van der Waals surface area contributed by atoms with Crippen LogP contribution in [0.2, 0.25) is 0 Å². The van der Waals surface area contributed by atoms with E-state index in [4.69, 9.17) is 4.74 Å². The van der Waals surface area contributed by atoms with Crippen molar-refractivity contribution in [3.63, 3.8) is 0 Å². The quantitative estimate of drug-likeness (QED) is 0.191. The Morgan fingerprint density at radius 3 is 2.29 bits per heavy atom. The molecule has 1 aliphatic heterocycles. The minimum Gasteiger partial charge on any atom is -0.429 e. The lowest BCUT2D eigenvalue weighted by Gasteiger charge is -2.72. The van der Waals surface area contributed by atoms with Crippen LogP contribution in [0.15, 0.2) is 42.5 Å². The van der Waals surface area contributed by atoms with Gasteiger partial charge in [-0.25, -0.2) is 0 Å². The van der Waals surface area contributed by atoms with Crippen molar-refractivity contribution >= 4 is 18.0 Å². The summed E-state index contributed by atoms with van der Waals surface area (Å²) >= 11 is 0. The SMILES string of the molecule is C=C(C)[C@@H]1CC[C@]2(NCCN3CCN(C(=O)CC4CCCC4)CC3)CC[C@]3(C)[C@H](CC[C@@H]4[C@@]5(C)CC=C(c6ccc(OC=O)cc6)C(C)(C)[C@@H]5CC[C@]43C)[C@@H]12. The maximum atomic E-state index is 13.0. The molecule has 8 rings (SSSR count). The molecule has 6 fully saturated rings. The Balaban J connectivity index is 0.965. The van der Waals surface area contributed by atoms with Crippen LogP contribution in [0.3, 0.4) is 0 Å². The average Bonchev–Trinajstić information content (AvgIpc) is 3.81. The summed E-state index contributed by atoms with van der Waals surface area (Å²) < 4.78 is 5.13. The van der Waals surface area contributed by atoms with E-state index in [1.165, 1.54) is 93.8 Å². The molecule has 0 bridgehead atoms. The maximum Gasteiger partial charge on any atom is 0.298 e. The van der Waals surface area contributed by atoms with Crippen LogP contribution in [0.25, 0.3) is 5.57 Å². The van der Waals surface area contributed by atoms with Gasteiger partial charge in [0.15, 0.2) is 0 Å². The number of carbonyl (C=O) groups is 2. The summed E-state index contributed by atoms with van der Waals surface area (Å²) in [6.07, 6.45) is 20.2. The highest BCUT2D eigenvalue weighted by molar-refractivity contribution is 5.76. The predicted molar refractivity (Wildman–Crippen MR) is 223 cm³/mol. The van der Waals surface area contributed by atoms with Crippen molar-refractivity contribution in [2.24, 2.45) is 57.2 Å². The van der Waals surface area contributed by atoms with Gasteiger partial charge in [0.1, 0.15) is 5.75 Å². The molecule has 6 aliphatic carbocycles. The third-order valence-electron chi connectivity index (χ3n) is 18.6. The number of piperazine rings is 1. The summed E-state index contributed by atoms with van der Waals surface area (Å²) in [5.74, 6) is 5.00. The second-order valence-electron chi connectivity index (χ2n) is 21.1. The zero-order valence-corrected chi connectivity index (χ0v) is 35.4. The van der Waals surface area contributed by atoms with Crippen molar-refractivity contribution in [1.29, 1.82) is 0 Å². The van der Waals surface area contributed by atoms with E-state index in [0.717, 1.165) is 58.0 Å². The number of ether oxygens (including phenoxy) is 1. The molecular weight excluding hydrogens is 679 g/mol. The molecule has 302 valence electrons. The standard InChI is InChI=1S/C49H73N3O3/c1-34(2)38-18-23-49(50-26-27-51-28-30-52(31-29-51)43(54)32-35-10-8-9-11-35)25-24-47(6)40(44(38)49)16-17-42-46(5)21-19-39(36-12-14-37(15-13-36)55-33-53)45(3,4)41(46)20-22-48(42,47)7/h12-15,19,33,35,38,40-42,44,50H,1,8-11,16-18,20-32H2,2-7H3/t38-,40+,41-,42+,44+,46-,47+,48+,49-/m0/s1. The molecule has 1 aromatic carbocycles. The Morgan fingerprint density at radius 1 is 0.873 bits per heavy atom. The molecule has 6 nitrogen and oxygen atoms in total. The maximum absolute atomic E-state index is 13.0. The monoisotopic (exact) mass is 752 g/mol. The lowest BCUT2D eigenvalue weighted by Crippen LogP contribution is -2.68. The Kier molecular flexibility index (Phi) is 10.6. The Bertz CT molecular complexity index is 1640. The van der Waals surface area contributed by atoms with Gasteiger partial charge in [0.2, 0.25) is 5.91 Å². The number of hydrogen-bond acceptors (Lipinski definition) is 5. The topological polar surface area (TPSA) is 61.9 Å². The van der Waals surface area contributed by atoms with Crippen LogP contribution in [0, 0.1) is 57.2 Å². The molecule has 0 unspecified atom stereocenters. The van der Waals surface area contributed by atoms with Crippen LogP contribution in [-0.4, -0.2) is 67.0 Å². The fourth-order valence-electron chi connectivity index (χ4n) is 15.6. The minimum absolute atomic E-state index is 0.0683. The molecule has 5 saturated carbocycles. The smallest absolute Gasteiger partial charge is 0.298 e. The van der Waals surface area contributed by atoms with Crippen LogP contribution in [0.4, 0.5) is 0 Å². The van der Waals surface area contributed by atoms with E-state index in [9.17, 15) is 9.59 Å². The van der Waals surface area contributed by atoms with Crippen LogP contribution in [0.1, 0.15) is 137 Å². The number of allylic oxidation sites excluding steroid dienone is 3. The van der Waals surface area contributed by atoms with E-state index in [1.54, 1.807) is 0 Å². The Hall–Kier alpha value is -2.44. The summed E-state index contributed by atoms with van der Waals surface area (Å²) in [5, 5.41) is 4.34. The molecule has 1 heterocycles. The molecule has 1 saturated heterocycles. The van der Waals surface area contributed by atoms with Crippen LogP contribution in [-0.2, 0) is 9.59 Å². The number of carbonyl (C=O) groups excluding carboxylic acids is 2. The van der Waals surface area contributed by atoms with Crippen molar-refractivity contribution in [1.82, 2.24) is 15.1 Å². The van der Waals surface area contributed by atoms with E-state index >= 15 is 0 Å². The number of fused-ring (bicyclic) bond motifs is 7. The first-order valence-corrected chi connectivity index (χ1v) is 22.6. The molecule has 1 N–H and O–H groups in total. The fourth-order valence-corrected chi connectivity index (χ4v) is 15.6.